The molecule has 17 heavy (non-hydrogen) atoms. The van der Waals surface area contributed by atoms with E-state index >= 15 is 0 Å². The zero-order chi connectivity index (χ0) is 12.3. The molecule has 0 aliphatic heterocycles. The number of hydrogen-bond donors (Lipinski definition) is 1. The van der Waals surface area contributed by atoms with E-state index in [-0.39, 0.29) is 0 Å². The standard InChI is InChI=1S/C11H15N5S/c1-8-7-17-10(14-8)6-13-9-4-5-12-11(15-9)16(2)3/h4-5,7H,6H2,1-3H3,(H,12,13,15). The molecule has 0 aliphatic carbocycles. The van der Waals surface area contributed by atoms with Crippen LogP contribution in [0.25, 0.3) is 0 Å². The first-order chi connectivity index (χ1) is 8.15. The van der Waals surface area contributed by atoms with Crippen molar-refractivity contribution in [2.24, 2.45) is 0 Å². The number of nitrogens with one attached hydrogen (secondary N) is 1. The Balaban J connectivity index is 2.01. The molecular formula is C11H15N5S. The predicted molar refractivity (Wildman–Crippen MR) is 70.5 cm³/mol. The number of aromatic nitrogens is 3. The van der Waals surface area contributed by atoms with Crippen LogP contribution >= 0.6 is 11.3 Å². The van der Waals surface area contributed by atoms with Gasteiger partial charge >= 0.3 is 0 Å². The fraction of sp³-hybridized carbons (Fsp3) is 0.364. The van der Waals surface area contributed by atoms with Gasteiger partial charge in [0.2, 0.25) is 5.95 Å². The van der Waals surface area contributed by atoms with Crippen LogP contribution in [0.4, 0.5) is 11.8 Å². The number of rotatable bonds is 4. The van der Waals surface area contributed by atoms with E-state index in [1.54, 1.807) is 17.5 Å². The van der Waals surface area contributed by atoms with Crippen LogP contribution in [-0.4, -0.2) is 29.0 Å². The van der Waals surface area contributed by atoms with E-state index in [1.807, 2.05) is 37.4 Å². The summed E-state index contributed by atoms with van der Waals surface area (Å²) >= 11 is 1.65. The highest BCUT2D eigenvalue weighted by Crippen LogP contribution is 2.12. The number of hydrogen-bond acceptors (Lipinski definition) is 6. The number of aryl methyl sites for hydroxylation is 1. The summed E-state index contributed by atoms with van der Waals surface area (Å²) in [6.07, 6.45) is 1.75. The lowest BCUT2D eigenvalue weighted by molar-refractivity contribution is 0.983. The van der Waals surface area contributed by atoms with Crippen molar-refractivity contribution in [3.05, 3.63) is 28.3 Å². The summed E-state index contributed by atoms with van der Waals surface area (Å²) in [4.78, 5) is 14.8. The van der Waals surface area contributed by atoms with Crippen LogP contribution in [0, 0.1) is 6.92 Å². The molecule has 0 aliphatic rings. The fourth-order valence-corrected chi connectivity index (χ4v) is 2.02. The topological polar surface area (TPSA) is 53.9 Å². The molecule has 0 saturated heterocycles. The Bertz CT molecular complexity index is 494. The maximum Gasteiger partial charge on any atom is 0.226 e. The first-order valence-electron chi connectivity index (χ1n) is 5.30. The number of thiazole rings is 1. The van der Waals surface area contributed by atoms with Crippen LogP contribution in [0.3, 0.4) is 0 Å². The smallest absolute Gasteiger partial charge is 0.226 e. The van der Waals surface area contributed by atoms with Gasteiger partial charge in [0, 0.05) is 31.4 Å². The average molecular weight is 249 g/mol. The summed E-state index contributed by atoms with van der Waals surface area (Å²) in [5.74, 6) is 1.52. The minimum absolute atomic E-state index is 0.697. The van der Waals surface area contributed by atoms with Crippen LogP contribution in [0.1, 0.15) is 10.7 Å². The van der Waals surface area contributed by atoms with Crippen molar-refractivity contribution >= 4 is 23.1 Å². The summed E-state index contributed by atoms with van der Waals surface area (Å²) in [5, 5.41) is 6.35. The highest BCUT2D eigenvalue weighted by atomic mass is 32.1. The molecule has 0 aromatic carbocycles. The van der Waals surface area contributed by atoms with Crippen molar-refractivity contribution in [2.75, 3.05) is 24.3 Å². The summed E-state index contributed by atoms with van der Waals surface area (Å²) in [7, 11) is 3.84. The summed E-state index contributed by atoms with van der Waals surface area (Å²) < 4.78 is 0. The van der Waals surface area contributed by atoms with E-state index in [4.69, 9.17) is 0 Å². The van der Waals surface area contributed by atoms with Crippen molar-refractivity contribution in [1.82, 2.24) is 15.0 Å². The van der Waals surface area contributed by atoms with E-state index in [2.05, 4.69) is 20.3 Å². The molecule has 0 unspecified atom stereocenters. The van der Waals surface area contributed by atoms with Crippen molar-refractivity contribution in [2.45, 2.75) is 13.5 Å². The van der Waals surface area contributed by atoms with Crippen LogP contribution < -0.4 is 10.2 Å². The number of nitrogens with zero attached hydrogens (tertiary/aromatic N) is 4. The molecule has 2 rings (SSSR count). The van der Waals surface area contributed by atoms with Crippen LogP contribution in [-0.2, 0) is 6.54 Å². The largest absolute Gasteiger partial charge is 0.363 e. The maximum absolute atomic E-state index is 4.39. The molecule has 6 heteroatoms. The lowest BCUT2D eigenvalue weighted by Gasteiger charge is -2.11. The third-order valence-electron chi connectivity index (χ3n) is 2.13. The second kappa shape index (κ2) is 5.09. The molecule has 0 spiro atoms. The molecule has 0 amide bonds. The zero-order valence-corrected chi connectivity index (χ0v) is 11.0. The predicted octanol–water partition coefficient (Wildman–Crippen LogP) is 1.92. The second-order valence-corrected chi connectivity index (χ2v) is 4.82. The molecule has 2 heterocycles. The van der Waals surface area contributed by atoms with Gasteiger partial charge in [0.15, 0.2) is 0 Å². The molecule has 0 atom stereocenters. The van der Waals surface area contributed by atoms with Gasteiger partial charge in [0.25, 0.3) is 0 Å². The Morgan fingerprint density at radius 1 is 1.35 bits per heavy atom. The first-order valence-corrected chi connectivity index (χ1v) is 6.18. The minimum atomic E-state index is 0.697. The Labute approximate surface area is 105 Å². The molecule has 0 bridgehead atoms. The maximum atomic E-state index is 4.39. The molecule has 5 nitrogen and oxygen atoms in total. The third kappa shape index (κ3) is 3.13. The quantitative estimate of drug-likeness (QED) is 0.897. The molecule has 2 aromatic heterocycles. The highest BCUT2D eigenvalue weighted by Gasteiger charge is 2.02. The van der Waals surface area contributed by atoms with E-state index in [0.717, 1.165) is 16.5 Å². The van der Waals surface area contributed by atoms with E-state index in [0.29, 0.717) is 12.5 Å². The summed E-state index contributed by atoms with van der Waals surface area (Å²) in [6, 6.07) is 1.85. The average Bonchev–Trinajstić information content (AvgIpc) is 2.73. The molecule has 0 fully saturated rings. The van der Waals surface area contributed by atoms with Crippen LogP contribution in [0.15, 0.2) is 17.6 Å². The normalized spacial score (nSPS) is 10.3. The van der Waals surface area contributed by atoms with Gasteiger partial charge in [-0.05, 0) is 13.0 Å². The Kier molecular flexibility index (Phi) is 3.53. The second-order valence-electron chi connectivity index (χ2n) is 3.87. The highest BCUT2D eigenvalue weighted by molar-refractivity contribution is 7.09. The van der Waals surface area contributed by atoms with Gasteiger partial charge in [-0.1, -0.05) is 0 Å². The van der Waals surface area contributed by atoms with E-state index in [1.165, 1.54) is 0 Å². The lowest BCUT2D eigenvalue weighted by Crippen LogP contribution is -2.13. The monoisotopic (exact) mass is 249 g/mol. The first kappa shape index (κ1) is 11.8. The van der Waals surface area contributed by atoms with Gasteiger partial charge in [-0.15, -0.1) is 11.3 Å². The molecule has 0 radical (unpaired) electrons. The van der Waals surface area contributed by atoms with E-state index < -0.39 is 0 Å². The molecular weight excluding hydrogens is 234 g/mol. The van der Waals surface area contributed by atoms with Crippen molar-refractivity contribution < 1.29 is 0 Å². The van der Waals surface area contributed by atoms with E-state index in [9.17, 15) is 0 Å². The fourth-order valence-electron chi connectivity index (χ4n) is 1.31. The molecule has 2 aromatic rings. The van der Waals surface area contributed by atoms with Gasteiger partial charge in [-0.2, -0.15) is 4.98 Å². The summed E-state index contributed by atoms with van der Waals surface area (Å²) in [6.45, 7) is 2.69. The number of anilines is 2. The SMILES string of the molecule is Cc1csc(CNc2ccnc(N(C)C)n2)n1. The Hall–Kier alpha value is -1.69. The van der Waals surface area contributed by atoms with Gasteiger partial charge < -0.3 is 10.2 Å². The lowest BCUT2D eigenvalue weighted by atomic mass is 10.5. The minimum Gasteiger partial charge on any atom is -0.363 e. The molecule has 1 N–H and O–H groups in total. The molecule has 0 saturated carbocycles. The van der Waals surface area contributed by atoms with Gasteiger partial charge in [0.05, 0.1) is 6.54 Å². The van der Waals surface area contributed by atoms with Crippen LogP contribution in [0.2, 0.25) is 0 Å². The zero-order valence-electron chi connectivity index (χ0n) is 10.1. The van der Waals surface area contributed by atoms with Crippen LogP contribution in [0.5, 0.6) is 0 Å². The van der Waals surface area contributed by atoms with Gasteiger partial charge in [-0.25, -0.2) is 9.97 Å². The Morgan fingerprint density at radius 3 is 2.82 bits per heavy atom. The molecule has 90 valence electrons. The van der Waals surface area contributed by atoms with Crippen molar-refractivity contribution in [1.29, 1.82) is 0 Å². The van der Waals surface area contributed by atoms with Crippen molar-refractivity contribution in [3.63, 3.8) is 0 Å². The van der Waals surface area contributed by atoms with Gasteiger partial charge in [-0.3, -0.25) is 0 Å². The third-order valence-corrected chi connectivity index (χ3v) is 3.10. The Morgan fingerprint density at radius 2 is 2.18 bits per heavy atom. The van der Waals surface area contributed by atoms with Crippen molar-refractivity contribution in [3.8, 4) is 0 Å². The summed E-state index contributed by atoms with van der Waals surface area (Å²) in [5.41, 5.74) is 1.06. The van der Waals surface area contributed by atoms with Gasteiger partial charge in [0.1, 0.15) is 10.8 Å².